The largest absolute Gasteiger partial charge is 0.308 e. The van der Waals surface area contributed by atoms with Gasteiger partial charge in [0, 0.05) is 11.7 Å². The molecular weight excluding hydrogens is 260 g/mol. The Balaban J connectivity index is 0.00000180. The van der Waals surface area contributed by atoms with Crippen LogP contribution in [0.3, 0.4) is 0 Å². The number of halogens is 1. The Morgan fingerprint density at radius 2 is 2.16 bits per heavy atom. The van der Waals surface area contributed by atoms with Crippen molar-refractivity contribution in [2.45, 2.75) is 45.7 Å². The molecule has 0 spiro atoms. The van der Waals surface area contributed by atoms with Crippen molar-refractivity contribution in [1.82, 2.24) is 5.32 Å². The molecule has 2 unspecified atom stereocenters. The van der Waals surface area contributed by atoms with E-state index in [4.69, 9.17) is 0 Å². The zero-order chi connectivity index (χ0) is 13.1. The highest BCUT2D eigenvalue weighted by Gasteiger charge is 2.32. The summed E-state index contributed by atoms with van der Waals surface area (Å²) in [6.07, 6.45) is 2.01. The lowest BCUT2D eigenvalue weighted by Gasteiger charge is -2.26. The second-order valence-corrected chi connectivity index (χ2v) is 5.07. The third kappa shape index (κ3) is 3.28. The van der Waals surface area contributed by atoms with Crippen molar-refractivity contribution in [1.29, 1.82) is 0 Å². The third-order valence-electron chi connectivity index (χ3n) is 3.52. The summed E-state index contributed by atoms with van der Waals surface area (Å²) >= 11 is 0. The second kappa shape index (κ2) is 6.92. The number of nitrogens with zero attached hydrogens (tertiary/aromatic N) is 1. The number of fused-ring (bicyclic) bond motifs is 1. The molecule has 106 valence electrons. The van der Waals surface area contributed by atoms with Gasteiger partial charge in [-0.25, -0.2) is 0 Å². The number of nitrogens with one attached hydrogen (secondary N) is 1. The molecule has 0 bridgehead atoms. The van der Waals surface area contributed by atoms with Gasteiger partial charge in [0.15, 0.2) is 0 Å². The monoisotopic (exact) mass is 282 g/mol. The molecule has 0 saturated heterocycles. The van der Waals surface area contributed by atoms with E-state index in [1.165, 1.54) is 5.56 Å². The van der Waals surface area contributed by atoms with Crippen LogP contribution in [0.5, 0.6) is 0 Å². The highest BCUT2D eigenvalue weighted by molar-refractivity contribution is 5.99. The molecule has 19 heavy (non-hydrogen) atoms. The number of hydrogen-bond acceptors (Lipinski definition) is 2. The number of rotatable bonds is 4. The Hall–Kier alpha value is -1.06. The molecule has 3 nitrogen and oxygen atoms in total. The van der Waals surface area contributed by atoms with Gasteiger partial charge in [0.2, 0.25) is 5.91 Å². The van der Waals surface area contributed by atoms with Gasteiger partial charge in [0.1, 0.15) is 0 Å². The zero-order valence-corrected chi connectivity index (χ0v) is 12.7. The van der Waals surface area contributed by atoms with Crippen molar-refractivity contribution in [3.8, 4) is 0 Å². The Morgan fingerprint density at radius 3 is 2.84 bits per heavy atom. The maximum Gasteiger partial charge on any atom is 0.244 e. The van der Waals surface area contributed by atoms with Gasteiger partial charge >= 0.3 is 0 Å². The standard InChI is InChI=1S/C15H22N2O.ClH/c1-4-9-16-12(3)15(18)17-11(2)10-13-7-5-6-8-14(13)17;/h5-8,11-12,16H,4,9-10H2,1-3H3;1H. The van der Waals surface area contributed by atoms with Crippen LogP contribution in [0.15, 0.2) is 24.3 Å². The molecule has 1 aromatic rings. The highest BCUT2D eigenvalue weighted by Crippen LogP contribution is 2.32. The molecule has 2 atom stereocenters. The van der Waals surface area contributed by atoms with Crippen molar-refractivity contribution in [2.75, 3.05) is 11.4 Å². The van der Waals surface area contributed by atoms with Gasteiger partial charge in [-0.3, -0.25) is 4.79 Å². The van der Waals surface area contributed by atoms with Crippen molar-refractivity contribution in [3.05, 3.63) is 29.8 Å². The molecule has 2 rings (SSSR count). The molecule has 1 heterocycles. The van der Waals surface area contributed by atoms with Crippen LogP contribution in [0, 0.1) is 0 Å². The second-order valence-electron chi connectivity index (χ2n) is 5.07. The van der Waals surface area contributed by atoms with Crippen molar-refractivity contribution in [3.63, 3.8) is 0 Å². The summed E-state index contributed by atoms with van der Waals surface area (Å²) in [7, 11) is 0. The van der Waals surface area contributed by atoms with Crippen molar-refractivity contribution >= 4 is 24.0 Å². The first kappa shape index (κ1) is 16.0. The molecule has 1 N–H and O–H groups in total. The van der Waals surface area contributed by atoms with E-state index in [-0.39, 0.29) is 30.4 Å². The van der Waals surface area contributed by atoms with E-state index in [1.54, 1.807) is 0 Å². The highest BCUT2D eigenvalue weighted by atomic mass is 35.5. The van der Waals surface area contributed by atoms with Gasteiger partial charge in [-0.15, -0.1) is 12.4 Å². The summed E-state index contributed by atoms with van der Waals surface area (Å²) in [5.74, 6) is 0.181. The van der Waals surface area contributed by atoms with Gasteiger partial charge < -0.3 is 10.2 Å². The normalized spacial score (nSPS) is 18.7. The lowest BCUT2D eigenvalue weighted by molar-refractivity contribution is -0.120. The van der Waals surface area contributed by atoms with Crippen LogP contribution in [0.4, 0.5) is 5.69 Å². The van der Waals surface area contributed by atoms with Gasteiger partial charge in [0.25, 0.3) is 0 Å². The van der Waals surface area contributed by atoms with Gasteiger partial charge in [-0.2, -0.15) is 0 Å². The number of anilines is 1. The maximum absolute atomic E-state index is 12.5. The first-order valence-electron chi connectivity index (χ1n) is 6.79. The number of para-hydroxylation sites is 1. The fraction of sp³-hybridized carbons (Fsp3) is 0.533. The predicted octanol–water partition coefficient (Wildman–Crippen LogP) is 2.77. The van der Waals surface area contributed by atoms with E-state index in [9.17, 15) is 4.79 Å². The Morgan fingerprint density at radius 1 is 1.47 bits per heavy atom. The lowest BCUT2D eigenvalue weighted by atomic mass is 10.1. The van der Waals surface area contributed by atoms with Crippen LogP contribution in [0.1, 0.15) is 32.8 Å². The first-order chi connectivity index (χ1) is 8.65. The number of carbonyl (C=O) groups is 1. The average Bonchev–Trinajstić information content (AvgIpc) is 2.70. The smallest absolute Gasteiger partial charge is 0.244 e. The SMILES string of the molecule is CCCNC(C)C(=O)N1c2ccccc2CC1C.Cl. The van der Waals surface area contributed by atoms with E-state index in [2.05, 4.69) is 25.2 Å². The summed E-state index contributed by atoms with van der Waals surface area (Å²) in [6, 6.07) is 8.35. The summed E-state index contributed by atoms with van der Waals surface area (Å²) in [4.78, 5) is 14.4. The van der Waals surface area contributed by atoms with Gasteiger partial charge in [0.05, 0.1) is 6.04 Å². The minimum Gasteiger partial charge on any atom is -0.308 e. The van der Waals surface area contributed by atoms with Crippen LogP contribution in [0.2, 0.25) is 0 Å². The van der Waals surface area contributed by atoms with Crippen LogP contribution in [-0.2, 0) is 11.2 Å². The molecule has 0 aliphatic carbocycles. The quantitative estimate of drug-likeness (QED) is 0.921. The predicted molar refractivity (Wildman–Crippen MR) is 82.1 cm³/mol. The number of hydrogen-bond donors (Lipinski definition) is 1. The molecule has 0 fully saturated rings. The van der Waals surface area contributed by atoms with Crippen molar-refractivity contribution in [2.24, 2.45) is 0 Å². The van der Waals surface area contributed by atoms with Crippen LogP contribution in [-0.4, -0.2) is 24.5 Å². The summed E-state index contributed by atoms with van der Waals surface area (Å²) in [5.41, 5.74) is 2.36. The minimum atomic E-state index is -0.112. The molecule has 1 aromatic carbocycles. The van der Waals surface area contributed by atoms with Gasteiger partial charge in [-0.05, 0) is 44.9 Å². The molecule has 1 aliphatic heterocycles. The fourth-order valence-electron chi connectivity index (χ4n) is 2.56. The van der Waals surface area contributed by atoms with E-state index < -0.39 is 0 Å². The zero-order valence-electron chi connectivity index (χ0n) is 11.8. The number of carbonyl (C=O) groups excluding carboxylic acids is 1. The maximum atomic E-state index is 12.5. The van der Waals surface area contributed by atoms with Crippen LogP contribution < -0.4 is 10.2 Å². The first-order valence-corrected chi connectivity index (χ1v) is 6.79. The lowest BCUT2D eigenvalue weighted by Crippen LogP contribution is -2.47. The molecule has 0 aromatic heterocycles. The molecule has 1 aliphatic rings. The fourth-order valence-corrected chi connectivity index (χ4v) is 2.56. The van der Waals surface area contributed by atoms with Crippen LogP contribution >= 0.6 is 12.4 Å². The topological polar surface area (TPSA) is 32.3 Å². The number of benzene rings is 1. The Labute approximate surface area is 121 Å². The molecule has 0 saturated carbocycles. The van der Waals surface area contributed by atoms with E-state index in [0.717, 1.165) is 25.1 Å². The third-order valence-corrected chi connectivity index (χ3v) is 3.52. The Bertz CT molecular complexity index is 436. The summed E-state index contributed by atoms with van der Waals surface area (Å²) in [6.45, 7) is 7.06. The van der Waals surface area contributed by atoms with E-state index >= 15 is 0 Å². The van der Waals surface area contributed by atoms with Gasteiger partial charge in [-0.1, -0.05) is 25.1 Å². The Kier molecular flexibility index (Phi) is 5.83. The van der Waals surface area contributed by atoms with E-state index in [1.807, 2.05) is 30.0 Å². The molecular formula is C15H23ClN2O. The van der Waals surface area contributed by atoms with E-state index in [0.29, 0.717) is 0 Å². The summed E-state index contributed by atoms with van der Waals surface area (Å²) in [5, 5.41) is 3.27. The minimum absolute atomic E-state index is 0. The van der Waals surface area contributed by atoms with Crippen molar-refractivity contribution < 1.29 is 4.79 Å². The average molecular weight is 283 g/mol. The van der Waals surface area contributed by atoms with Crippen LogP contribution in [0.25, 0.3) is 0 Å². The summed E-state index contributed by atoms with van der Waals surface area (Å²) < 4.78 is 0. The molecule has 4 heteroatoms. The molecule has 1 amide bonds. The number of amides is 1. The molecule has 0 radical (unpaired) electrons.